The summed E-state index contributed by atoms with van der Waals surface area (Å²) in [6.07, 6.45) is 13.1. The van der Waals surface area contributed by atoms with Crippen molar-refractivity contribution in [3.63, 3.8) is 0 Å². The first kappa shape index (κ1) is 22.2. The Hall–Kier alpha value is -0.950. The number of thiol groups is 1. The third-order valence-corrected chi connectivity index (χ3v) is 2.69. The molecule has 0 saturated heterocycles. The van der Waals surface area contributed by atoms with Gasteiger partial charge in [0, 0.05) is 11.8 Å². The molecule has 0 bridgehead atoms. The van der Waals surface area contributed by atoms with Crippen molar-refractivity contribution in [3.8, 4) is 0 Å². The summed E-state index contributed by atoms with van der Waals surface area (Å²) >= 11 is 1.20. The van der Waals surface area contributed by atoms with Crippen molar-refractivity contribution in [1.82, 2.24) is 0 Å². The van der Waals surface area contributed by atoms with Crippen LogP contribution in [0.2, 0.25) is 0 Å². The molecule has 0 aliphatic rings. The van der Waals surface area contributed by atoms with Gasteiger partial charge in [-0.2, -0.15) is 0 Å². The molecule has 0 aliphatic heterocycles. The van der Waals surface area contributed by atoms with E-state index in [-0.39, 0.29) is 0 Å². The lowest BCUT2D eigenvalue weighted by Crippen LogP contribution is -1.86. The zero-order valence-corrected chi connectivity index (χ0v) is 13.9. The van der Waals surface area contributed by atoms with E-state index in [1.54, 1.807) is 6.08 Å². The number of allylic oxidation sites excluding steroid dienone is 6. The molecule has 0 radical (unpaired) electrons. The summed E-state index contributed by atoms with van der Waals surface area (Å²) in [5.41, 5.74) is 0. The van der Waals surface area contributed by atoms with Crippen LogP contribution in [-0.4, -0.2) is 0 Å². The highest BCUT2D eigenvalue weighted by Gasteiger charge is 2.05. The second-order valence-corrected chi connectivity index (χ2v) is 3.94. The third kappa shape index (κ3) is 15.0. The van der Waals surface area contributed by atoms with Crippen LogP contribution in [0, 0.1) is 0 Å². The van der Waals surface area contributed by atoms with Crippen LogP contribution < -0.4 is 0 Å². The summed E-state index contributed by atoms with van der Waals surface area (Å²) in [5, 5.41) is 0. The van der Waals surface area contributed by atoms with Gasteiger partial charge in [0.25, 0.3) is 0 Å². The minimum Gasteiger partial charge on any atom is -0.0989 e. The van der Waals surface area contributed by atoms with Gasteiger partial charge in [-0.25, -0.2) is 0 Å². The molecule has 0 amide bonds. The Labute approximate surface area is 119 Å². The molecular weight excluding hydrogens is 236 g/mol. The fourth-order valence-corrected chi connectivity index (χ4v) is 2.02. The first-order chi connectivity index (χ1) is 8.78. The third-order valence-electron chi connectivity index (χ3n) is 1.51. The van der Waals surface area contributed by atoms with E-state index in [1.165, 1.54) is 21.6 Å². The van der Waals surface area contributed by atoms with Crippen LogP contribution in [0.4, 0.5) is 0 Å². The summed E-state index contributed by atoms with van der Waals surface area (Å²) in [4.78, 5) is 2.49. The van der Waals surface area contributed by atoms with Crippen LogP contribution in [0.1, 0.15) is 48.0 Å². The summed E-state index contributed by atoms with van der Waals surface area (Å²) in [6, 6.07) is 0. The fourth-order valence-electron chi connectivity index (χ4n) is 0.952. The van der Waals surface area contributed by atoms with E-state index in [4.69, 9.17) is 0 Å². The van der Waals surface area contributed by atoms with Crippen LogP contribution in [0.3, 0.4) is 0 Å². The maximum atomic E-state index is 3.78. The Balaban J connectivity index is -0.000000506. The Morgan fingerprint density at radius 1 is 1.06 bits per heavy atom. The summed E-state index contributed by atoms with van der Waals surface area (Å²) in [6.45, 7) is 19.6. The van der Waals surface area contributed by atoms with Gasteiger partial charge in [0.1, 0.15) is 0 Å². The molecule has 1 heteroatoms. The zero-order valence-electron chi connectivity index (χ0n) is 13.0. The normalized spacial score (nSPS) is 11.0. The molecule has 0 rings (SSSR count). The molecule has 0 N–H and O–H groups in total. The monoisotopic (exact) mass is 267 g/mol. The Morgan fingerprint density at radius 3 is 1.94 bits per heavy atom. The molecule has 0 heterocycles. The lowest BCUT2D eigenvalue weighted by Gasteiger charge is -1.92. The van der Waals surface area contributed by atoms with Gasteiger partial charge >= 0.3 is 0 Å². The van der Waals surface area contributed by atoms with Gasteiger partial charge in [-0.15, -0.1) is 0 Å². The molecule has 18 heavy (non-hydrogen) atoms. The Kier molecular flexibility index (Phi) is 26.4. The average Bonchev–Trinajstić information content (AvgIpc) is 2.43. The van der Waals surface area contributed by atoms with Crippen molar-refractivity contribution in [3.05, 3.63) is 59.4 Å². The molecule has 0 aromatic carbocycles. The predicted molar refractivity (Wildman–Crippen MR) is 93.1 cm³/mol. The quantitative estimate of drug-likeness (QED) is 0.315. The highest BCUT2D eigenvalue weighted by Crippen LogP contribution is 2.11. The molecule has 0 spiro atoms. The van der Waals surface area contributed by atoms with Crippen molar-refractivity contribution in [2.75, 3.05) is 0 Å². The topological polar surface area (TPSA) is 0 Å². The fraction of sp³-hybridized carbons (Fsp3) is 0.412. The summed E-state index contributed by atoms with van der Waals surface area (Å²) < 4.78 is 0. The van der Waals surface area contributed by atoms with Gasteiger partial charge in [0.2, 0.25) is 0 Å². The largest absolute Gasteiger partial charge is 0.157 e. The van der Waals surface area contributed by atoms with Crippen LogP contribution in [0.15, 0.2) is 59.4 Å². The molecule has 104 valence electrons. The van der Waals surface area contributed by atoms with Gasteiger partial charge in [-0.3, -0.25) is 0 Å². The number of rotatable bonds is 6. The molecule has 0 saturated carbocycles. The van der Waals surface area contributed by atoms with Crippen LogP contribution in [0.25, 0.3) is 0 Å². The molecule has 0 unspecified atom stereocenters. The van der Waals surface area contributed by atoms with Gasteiger partial charge in [0.05, 0.1) is 0 Å². The molecule has 0 nitrogen and oxygen atoms in total. The maximum Gasteiger partial charge on any atom is 0.157 e. The number of hydrogen-bond donors (Lipinski definition) is 0. The van der Waals surface area contributed by atoms with Crippen LogP contribution >= 0.6 is 0 Å². The smallest absolute Gasteiger partial charge is 0.0989 e. The zero-order chi connectivity index (χ0) is 14.8. The van der Waals surface area contributed by atoms with Gasteiger partial charge in [0.15, 0.2) is 9.81 Å². The van der Waals surface area contributed by atoms with E-state index in [9.17, 15) is 0 Å². The van der Waals surface area contributed by atoms with E-state index in [0.717, 1.165) is 6.42 Å². The van der Waals surface area contributed by atoms with Crippen molar-refractivity contribution in [2.45, 2.75) is 48.0 Å². The van der Waals surface area contributed by atoms with E-state index in [0.29, 0.717) is 0 Å². The van der Waals surface area contributed by atoms with Crippen molar-refractivity contribution in [1.29, 1.82) is 0 Å². The van der Waals surface area contributed by atoms with Crippen molar-refractivity contribution >= 4 is 11.8 Å². The Morgan fingerprint density at radius 2 is 1.61 bits per heavy atom. The van der Waals surface area contributed by atoms with Crippen LogP contribution in [0.5, 0.6) is 0 Å². The molecule has 0 aromatic heterocycles. The first-order valence-electron chi connectivity index (χ1n) is 6.78. The van der Waals surface area contributed by atoms with E-state index in [2.05, 4.69) is 38.3 Å². The lowest BCUT2D eigenvalue weighted by atomic mass is 10.4. The molecule has 0 aliphatic carbocycles. The second kappa shape index (κ2) is 21.3. The first-order valence-corrected chi connectivity index (χ1v) is 7.67. The minimum absolute atomic E-state index is 1.06. The van der Waals surface area contributed by atoms with Crippen LogP contribution in [-0.2, 0) is 11.8 Å². The van der Waals surface area contributed by atoms with Gasteiger partial charge in [-0.1, -0.05) is 59.9 Å². The maximum absolute atomic E-state index is 3.78. The minimum atomic E-state index is 1.06. The second-order valence-electron chi connectivity index (χ2n) is 2.68. The number of hydrogen-bond acceptors (Lipinski definition) is 0. The molecule has 0 atom stereocenters. The summed E-state index contributed by atoms with van der Waals surface area (Å²) in [7, 11) is 0. The van der Waals surface area contributed by atoms with Gasteiger partial charge in [-0.05, 0) is 37.6 Å². The lowest BCUT2D eigenvalue weighted by molar-refractivity contribution is 1.22. The van der Waals surface area contributed by atoms with E-state index >= 15 is 0 Å². The van der Waals surface area contributed by atoms with Crippen molar-refractivity contribution in [2.24, 2.45) is 0 Å². The van der Waals surface area contributed by atoms with Gasteiger partial charge < -0.3 is 0 Å². The van der Waals surface area contributed by atoms with E-state index in [1.807, 2.05) is 46.8 Å². The highest BCUT2D eigenvalue weighted by molar-refractivity contribution is 7.87. The molecule has 0 aromatic rings. The average molecular weight is 268 g/mol. The molecule has 0 fully saturated rings. The highest BCUT2D eigenvalue weighted by atomic mass is 32.2. The SMILES string of the molecule is C=C/C=C(\C=C)[SH+]C(/C=C\C)=C/CC.CC.CC. The Bertz CT molecular complexity index is 267. The van der Waals surface area contributed by atoms with Crippen molar-refractivity contribution < 1.29 is 0 Å². The molecular formula is C17H31S+. The predicted octanol–water partition coefficient (Wildman–Crippen LogP) is 5.98. The van der Waals surface area contributed by atoms with E-state index < -0.39 is 0 Å². The summed E-state index contributed by atoms with van der Waals surface area (Å²) in [5.74, 6) is 0. The standard InChI is InChI=1S/C13H18S.2C2H6/c1-5-9-12(8-4)14-13(10-6-2)11-7-3;2*1-2/h5-6,8-11H,1,4,7H2,2-3H3;2*1-2H3/p+1/b10-6-,12-9+,13-11+;;.